The molecule has 4 aromatic rings. The third-order valence-corrected chi connectivity index (χ3v) is 6.02. The van der Waals surface area contributed by atoms with E-state index >= 15 is 0 Å². The number of anilines is 1. The Balaban J connectivity index is 1.40. The second kappa shape index (κ2) is 8.50. The molecule has 0 saturated carbocycles. The maximum absolute atomic E-state index is 12.8. The first-order valence-corrected chi connectivity index (χ1v) is 11.1. The van der Waals surface area contributed by atoms with E-state index in [1.165, 1.54) is 11.1 Å². The van der Waals surface area contributed by atoms with Gasteiger partial charge in [0, 0.05) is 24.6 Å². The molecule has 1 fully saturated rings. The summed E-state index contributed by atoms with van der Waals surface area (Å²) in [7, 11) is 0. The zero-order chi connectivity index (χ0) is 22.1. The minimum absolute atomic E-state index is 0.0521. The number of carbonyl (C=O) groups excluding carboxylic acids is 1. The molecule has 5 heteroatoms. The number of fused-ring (bicyclic) bond motifs is 1. The summed E-state index contributed by atoms with van der Waals surface area (Å²) in [5.74, 6) is 2.05. The van der Waals surface area contributed by atoms with Gasteiger partial charge in [-0.3, -0.25) is 4.79 Å². The number of benzene rings is 3. The molecule has 3 aromatic carbocycles. The number of para-hydroxylation sites is 3. The number of aromatic nitrogens is 2. The van der Waals surface area contributed by atoms with Gasteiger partial charge in [-0.2, -0.15) is 0 Å². The average molecular weight is 426 g/mol. The van der Waals surface area contributed by atoms with Crippen LogP contribution in [0.3, 0.4) is 0 Å². The highest BCUT2D eigenvalue weighted by atomic mass is 16.5. The number of amides is 1. The molecule has 0 spiro atoms. The molecule has 1 aliphatic heterocycles. The molecule has 1 saturated heterocycles. The Morgan fingerprint density at radius 2 is 1.69 bits per heavy atom. The highest BCUT2D eigenvalue weighted by Gasteiger charge is 2.34. The van der Waals surface area contributed by atoms with Gasteiger partial charge in [-0.1, -0.05) is 36.4 Å². The number of hydrogen-bond acceptors (Lipinski definition) is 3. The lowest BCUT2D eigenvalue weighted by Crippen LogP contribution is -2.24. The summed E-state index contributed by atoms with van der Waals surface area (Å²) >= 11 is 0. The summed E-state index contributed by atoms with van der Waals surface area (Å²) in [5.41, 5.74) is 5.37. The van der Waals surface area contributed by atoms with Crippen molar-refractivity contribution < 1.29 is 9.53 Å². The Kier molecular flexibility index (Phi) is 5.39. The molecule has 0 radical (unpaired) electrons. The van der Waals surface area contributed by atoms with E-state index in [2.05, 4.69) is 42.7 Å². The van der Waals surface area contributed by atoms with Crippen molar-refractivity contribution in [2.45, 2.75) is 32.7 Å². The van der Waals surface area contributed by atoms with Crippen molar-refractivity contribution in [1.82, 2.24) is 9.55 Å². The third-order valence-electron chi connectivity index (χ3n) is 6.02. The van der Waals surface area contributed by atoms with E-state index in [0.29, 0.717) is 26.1 Å². The zero-order valence-corrected chi connectivity index (χ0v) is 18.5. The molecule has 0 N–H and O–H groups in total. The molecule has 1 amide bonds. The Hall–Kier alpha value is -3.60. The maximum atomic E-state index is 12.8. The predicted molar refractivity (Wildman–Crippen MR) is 127 cm³/mol. The highest BCUT2D eigenvalue weighted by molar-refractivity contribution is 5.96. The van der Waals surface area contributed by atoms with Crippen molar-refractivity contribution in [2.24, 2.45) is 0 Å². The van der Waals surface area contributed by atoms with E-state index in [-0.39, 0.29) is 11.8 Å². The lowest BCUT2D eigenvalue weighted by molar-refractivity contribution is -0.117. The molecule has 1 atom stereocenters. The van der Waals surface area contributed by atoms with Crippen molar-refractivity contribution in [2.75, 3.05) is 18.1 Å². The van der Waals surface area contributed by atoms with Gasteiger partial charge in [-0.25, -0.2) is 4.98 Å². The second-order valence-corrected chi connectivity index (χ2v) is 8.52. The molecule has 162 valence electrons. The quantitative estimate of drug-likeness (QED) is 0.424. The largest absolute Gasteiger partial charge is 0.492 e. The molecule has 0 aliphatic carbocycles. The minimum Gasteiger partial charge on any atom is -0.492 e. The van der Waals surface area contributed by atoms with Gasteiger partial charge in [0.2, 0.25) is 5.91 Å². The Bertz CT molecular complexity index is 1240. The molecular weight excluding hydrogens is 398 g/mol. The van der Waals surface area contributed by atoms with Gasteiger partial charge in [0.1, 0.15) is 18.2 Å². The van der Waals surface area contributed by atoms with Crippen molar-refractivity contribution >= 4 is 22.6 Å². The number of aryl methyl sites for hydroxylation is 2. The van der Waals surface area contributed by atoms with Gasteiger partial charge in [-0.15, -0.1) is 0 Å². The van der Waals surface area contributed by atoms with Crippen LogP contribution in [0.2, 0.25) is 0 Å². The van der Waals surface area contributed by atoms with Crippen molar-refractivity contribution in [3.05, 3.63) is 89.7 Å². The summed E-state index contributed by atoms with van der Waals surface area (Å²) < 4.78 is 8.32. The molecule has 2 heterocycles. The van der Waals surface area contributed by atoms with Crippen LogP contribution in [0.1, 0.15) is 29.3 Å². The molecule has 5 rings (SSSR count). The molecule has 1 aliphatic rings. The first kappa shape index (κ1) is 20.3. The van der Waals surface area contributed by atoms with Crippen molar-refractivity contribution in [3.63, 3.8) is 0 Å². The van der Waals surface area contributed by atoms with Crippen LogP contribution < -0.4 is 9.64 Å². The summed E-state index contributed by atoms with van der Waals surface area (Å²) in [5, 5.41) is 0. The molecule has 5 nitrogen and oxygen atoms in total. The Morgan fingerprint density at radius 1 is 0.969 bits per heavy atom. The predicted octanol–water partition coefficient (Wildman–Crippen LogP) is 5.25. The number of rotatable bonds is 6. The number of nitrogens with zero attached hydrogens (tertiary/aromatic N) is 3. The lowest BCUT2D eigenvalue weighted by Gasteiger charge is -2.17. The van der Waals surface area contributed by atoms with Gasteiger partial charge in [-0.05, 0) is 61.4 Å². The monoisotopic (exact) mass is 425 g/mol. The summed E-state index contributed by atoms with van der Waals surface area (Å²) in [4.78, 5) is 19.6. The van der Waals surface area contributed by atoms with Crippen LogP contribution in [0.25, 0.3) is 11.0 Å². The van der Waals surface area contributed by atoms with Gasteiger partial charge >= 0.3 is 0 Å². The zero-order valence-electron chi connectivity index (χ0n) is 18.5. The fourth-order valence-electron chi connectivity index (χ4n) is 4.65. The first-order valence-electron chi connectivity index (χ1n) is 11.1. The van der Waals surface area contributed by atoms with Crippen LogP contribution in [0.5, 0.6) is 5.75 Å². The van der Waals surface area contributed by atoms with Crippen LogP contribution in [-0.2, 0) is 11.3 Å². The average Bonchev–Trinajstić information content (AvgIpc) is 3.34. The van der Waals surface area contributed by atoms with Crippen LogP contribution in [0.4, 0.5) is 5.69 Å². The number of carbonyl (C=O) groups is 1. The second-order valence-electron chi connectivity index (χ2n) is 8.52. The maximum Gasteiger partial charge on any atom is 0.227 e. The number of imidazole rings is 1. The normalized spacial score (nSPS) is 16.1. The Morgan fingerprint density at radius 3 is 2.47 bits per heavy atom. The van der Waals surface area contributed by atoms with Crippen LogP contribution >= 0.6 is 0 Å². The van der Waals surface area contributed by atoms with Gasteiger partial charge in [0.15, 0.2) is 0 Å². The smallest absolute Gasteiger partial charge is 0.227 e. The Labute approximate surface area is 188 Å². The van der Waals surface area contributed by atoms with E-state index in [1.807, 2.05) is 53.4 Å². The highest BCUT2D eigenvalue weighted by Crippen LogP contribution is 2.33. The standard InChI is InChI=1S/C27H27N3O2/c1-19-14-20(2)16-23(15-19)32-13-12-29-25-11-7-6-10-24(25)28-27(29)21-17-26(31)30(18-21)22-8-4-3-5-9-22/h3-11,14-16,21H,12-13,17-18H2,1-2H3. The topological polar surface area (TPSA) is 47.4 Å². The lowest BCUT2D eigenvalue weighted by atomic mass is 10.1. The fraction of sp³-hybridized carbons (Fsp3) is 0.259. The summed E-state index contributed by atoms with van der Waals surface area (Å²) in [6, 6.07) is 24.3. The van der Waals surface area contributed by atoms with Gasteiger partial charge < -0.3 is 14.2 Å². The minimum atomic E-state index is 0.0521. The molecule has 1 aromatic heterocycles. The molecule has 0 bridgehead atoms. The van der Waals surface area contributed by atoms with Crippen LogP contribution in [0, 0.1) is 13.8 Å². The van der Waals surface area contributed by atoms with E-state index in [4.69, 9.17) is 9.72 Å². The van der Waals surface area contributed by atoms with Crippen molar-refractivity contribution in [1.29, 1.82) is 0 Å². The number of hydrogen-bond donors (Lipinski definition) is 0. The van der Waals surface area contributed by atoms with Crippen molar-refractivity contribution in [3.8, 4) is 5.75 Å². The van der Waals surface area contributed by atoms with Crippen LogP contribution in [-0.4, -0.2) is 28.6 Å². The van der Waals surface area contributed by atoms with Crippen LogP contribution in [0.15, 0.2) is 72.8 Å². The molecular formula is C27H27N3O2. The fourth-order valence-corrected chi connectivity index (χ4v) is 4.65. The van der Waals surface area contributed by atoms with E-state index in [9.17, 15) is 4.79 Å². The third kappa shape index (κ3) is 3.98. The summed E-state index contributed by atoms with van der Waals surface area (Å²) in [6.07, 6.45) is 0.468. The first-order chi connectivity index (χ1) is 15.6. The number of ether oxygens (including phenoxy) is 1. The van der Waals surface area contributed by atoms with Gasteiger partial charge in [0.05, 0.1) is 17.6 Å². The summed E-state index contributed by atoms with van der Waals surface area (Å²) in [6.45, 7) is 6.02. The van der Waals surface area contributed by atoms with E-state index in [1.54, 1.807) is 0 Å². The molecule has 32 heavy (non-hydrogen) atoms. The molecule has 1 unspecified atom stereocenters. The van der Waals surface area contributed by atoms with Gasteiger partial charge in [0.25, 0.3) is 0 Å². The SMILES string of the molecule is Cc1cc(C)cc(OCCn2c(C3CC(=O)N(c4ccccc4)C3)nc3ccccc32)c1. The van der Waals surface area contributed by atoms with E-state index in [0.717, 1.165) is 28.3 Å². The van der Waals surface area contributed by atoms with E-state index < -0.39 is 0 Å².